The first kappa shape index (κ1) is 14.9. The summed E-state index contributed by atoms with van der Waals surface area (Å²) in [6.45, 7) is 6.35. The Bertz CT molecular complexity index is 500. The number of aliphatic hydroxyl groups is 1. The minimum Gasteiger partial charge on any atom is -0.389 e. The second-order valence-electron chi connectivity index (χ2n) is 4.85. The summed E-state index contributed by atoms with van der Waals surface area (Å²) >= 11 is 6.68. The summed E-state index contributed by atoms with van der Waals surface area (Å²) in [6.07, 6.45) is 0. The van der Waals surface area contributed by atoms with Gasteiger partial charge in [0.15, 0.2) is 0 Å². The summed E-state index contributed by atoms with van der Waals surface area (Å²) < 4.78 is 27.1. The van der Waals surface area contributed by atoms with Crippen molar-refractivity contribution in [2.45, 2.75) is 43.0 Å². The smallest absolute Gasteiger partial charge is 0.250 e. The summed E-state index contributed by atoms with van der Waals surface area (Å²) in [5.74, 6) is 0. The van der Waals surface area contributed by atoms with Crippen LogP contribution in [0.25, 0.3) is 0 Å². The number of halogens is 1. The van der Waals surface area contributed by atoms with E-state index in [0.29, 0.717) is 4.34 Å². The Balaban J connectivity index is 3.03. The Hall–Kier alpha value is -0.140. The minimum absolute atomic E-state index is 0.139. The molecule has 1 heterocycles. The highest BCUT2D eigenvalue weighted by Gasteiger charge is 2.39. The SMILES string of the molecule is CC(C)(O)C(C)(C)NS(=O)(=O)c1ccc(Cl)s1. The van der Waals surface area contributed by atoms with Gasteiger partial charge in [-0.2, -0.15) is 0 Å². The zero-order valence-corrected chi connectivity index (χ0v) is 12.5. The van der Waals surface area contributed by atoms with E-state index in [1.165, 1.54) is 12.1 Å². The Morgan fingerprint density at radius 3 is 2.18 bits per heavy atom. The predicted molar refractivity (Wildman–Crippen MR) is 70.0 cm³/mol. The van der Waals surface area contributed by atoms with E-state index in [1.54, 1.807) is 27.7 Å². The zero-order chi connectivity index (χ0) is 13.5. The van der Waals surface area contributed by atoms with Gasteiger partial charge >= 0.3 is 0 Å². The lowest BCUT2D eigenvalue weighted by molar-refractivity contribution is 0.00641. The van der Waals surface area contributed by atoms with Gasteiger partial charge in [-0.3, -0.25) is 0 Å². The fraction of sp³-hybridized carbons (Fsp3) is 0.600. The van der Waals surface area contributed by atoms with Gasteiger partial charge in [-0.15, -0.1) is 11.3 Å². The summed E-state index contributed by atoms with van der Waals surface area (Å²) in [7, 11) is -3.66. The maximum atomic E-state index is 12.0. The number of thiophene rings is 1. The Labute approximate surface area is 111 Å². The largest absolute Gasteiger partial charge is 0.389 e. The predicted octanol–water partition coefficient (Wildman–Crippen LogP) is 2.23. The van der Waals surface area contributed by atoms with Crippen LogP contribution in [0.1, 0.15) is 27.7 Å². The molecule has 1 aromatic heterocycles. The molecule has 0 aliphatic carbocycles. The van der Waals surface area contributed by atoms with Crippen molar-refractivity contribution in [2.24, 2.45) is 0 Å². The quantitative estimate of drug-likeness (QED) is 0.895. The summed E-state index contributed by atoms with van der Waals surface area (Å²) in [4.78, 5) is 0. The molecule has 0 aromatic carbocycles. The molecular formula is C10H16ClNO3S2. The van der Waals surface area contributed by atoms with Gasteiger partial charge in [-0.1, -0.05) is 11.6 Å². The van der Waals surface area contributed by atoms with Crippen molar-refractivity contribution in [3.05, 3.63) is 16.5 Å². The third-order valence-electron chi connectivity index (χ3n) is 2.73. The second kappa shape index (κ2) is 4.51. The third-order valence-corrected chi connectivity index (χ3v) is 6.11. The lowest BCUT2D eigenvalue weighted by atomic mass is 9.87. The van der Waals surface area contributed by atoms with E-state index in [2.05, 4.69) is 4.72 Å². The number of nitrogens with one attached hydrogen (secondary N) is 1. The van der Waals surface area contributed by atoms with Gasteiger partial charge in [0.25, 0.3) is 10.0 Å². The highest BCUT2D eigenvalue weighted by molar-refractivity contribution is 7.91. The molecule has 0 unspecified atom stereocenters. The van der Waals surface area contributed by atoms with E-state index in [0.717, 1.165) is 11.3 Å². The van der Waals surface area contributed by atoms with Crippen LogP contribution in [0.15, 0.2) is 16.3 Å². The molecule has 0 aliphatic rings. The highest BCUT2D eigenvalue weighted by Crippen LogP contribution is 2.28. The monoisotopic (exact) mass is 297 g/mol. The van der Waals surface area contributed by atoms with Crippen LogP contribution < -0.4 is 4.72 Å². The van der Waals surface area contributed by atoms with Crippen molar-refractivity contribution >= 4 is 33.0 Å². The molecule has 7 heteroatoms. The van der Waals surface area contributed by atoms with E-state index in [9.17, 15) is 13.5 Å². The van der Waals surface area contributed by atoms with Gasteiger partial charge in [0.1, 0.15) is 4.21 Å². The van der Waals surface area contributed by atoms with E-state index >= 15 is 0 Å². The Morgan fingerprint density at radius 2 is 1.82 bits per heavy atom. The van der Waals surface area contributed by atoms with Crippen molar-refractivity contribution < 1.29 is 13.5 Å². The van der Waals surface area contributed by atoms with Gasteiger partial charge in [-0.25, -0.2) is 13.1 Å². The molecule has 17 heavy (non-hydrogen) atoms. The molecule has 0 saturated heterocycles. The summed E-state index contributed by atoms with van der Waals surface area (Å²) in [6, 6.07) is 2.97. The number of rotatable bonds is 4. The number of hydrogen-bond acceptors (Lipinski definition) is 4. The first-order chi connectivity index (χ1) is 7.46. The van der Waals surface area contributed by atoms with Gasteiger partial charge < -0.3 is 5.11 Å². The van der Waals surface area contributed by atoms with Crippen molar-refractivity contribution in [3.63, 3.8) is 0 Å². The van der Waals surface area contributed by atoms with Crippen LogP contribution in [0.5, 0.6) is 0 Å². The van der Waals surface area contributed by atoms with Crippen LogP contribution in [-0.4, -0.2) is 24.7 Å². The number of hydrogen-bond donors (Lipinski definition) is 2. The van der Waals surface area contributed by atoms with Crippen molar-refractivity contribution in [1.82, 2.24) is 4.72 Å². The maximum Gasteiger partial charge on any atom is 0.250 e. The molecule has 0 aliphatic heterocycles. The molecule has 0 amide bonds. The molecule has 4 nitrogen and oxygen atoms in total. The molecule has 0 spiro atoms. The van der Waals surface area contributed by atoms with Crippen LogP contribution in [0.4, 0.5) is 0 Å². The molecule has 0 atom stereocenters. The van der Waals surface area contributed by atoms with E-state index in [-0.39, 0.29) is 4.21 Å². The zero-order valence-electron chi connectivity index (χ0n) is 10.1. The van der Waals surface area contributed by atoms with Crippen LogP contribution in [0.2, 0.25) is 4.34 Å². The van der Waals surface area contributed by atoms with E-state index < -0.39 is 21.2 Å². The molecule has 0 saturated carbocycles. The summed E-state index contributed by atoms with van der Waals surface area (Å²) in [5, 5.41) is 9.91. The van der Waals surface area contributed by atoms with Crippen molar-refractivity contribution in [3.8, 4) is 0 Å². The minimum atomic E-state index is -3.66. The molecular weight excluding hydrogens is 282 g/mol. The fourth-order valence-corrected chi connectivity index (χ4v) is 3.97. The lowest BCUT2D eigenvalue weighted by Gasteiger charge is -2.37. The van der Waals surface area contributed by atoms with E-state index in [1.807, 2.05) is 0 Å². The summed E-state index contributed by atoms with van der Waals surface area (Å²) in [5.41, 5.74) is -2.16. The molecule has 0 radical (unpaired) electrons. The van der Waals surface area contributed by atoms with Gasteiger partial charge in [0.05, 0.1) is 15.5 Å². The van der Waals surface area contributed by atoms with Crippen LogP contribution >= 0.6 is 22.9 Å². The fourth-order valence-electron chi connectivity index (χ4n) is 0.953. The van der Waals surface area contributed by atoms with Crippen LogP contribution in [-0.2, 0) is 10.0 Å². The molecule has 0 bridgehead atoms. The van der Waals surface area contributed by atoms with Gasteiger partial charge in [0.2, 0.25) is 0 Å². The van der Waals surface area contributed by atoms with Crippen LogP contribution in [0, 0.1) is 0 Å². The van der Waals surface area contributed by atoms with E-state index in [4.69, 9.17) is 11.6 Å². The normalized spacial score (nSPS) is 14.0. The Morgan fingerprint density at radius 1 is 1.29 bits per heavy atom. The molecule has 0 fully saturated rings. The van der Waals surface area contributed by atoms with Crippen molar-refractivity contribution in [1.29, 1.82) is 0 Å². The molecule has 98 valence electrons. The average molecular weight is 298 g/mol. The topological polar surface area (TPSA) is 66.4 Å². The lowest BCUT2D eigenvalue weighted by Crippen LogP contribution is -2.57. The molecule has 1 rings (SSSR count). The van der Waals surface area contributed by atoms with Gasteiger partial charge in [0, 0.05) is 0 Å². The van der Waals surface area contributed by atoms with Crippen molar-refractivity contribution in [2.75, 3.05) is 0 Å². The van der Waals surface area contributed by atoms with Gasteiger partial charge in [-0.05, 0) is 39.8 Å². The number of sulfonamides is 1. The first-order valence-electron chi connectivity index (χ1n) is 4.97. The second-order valence-corrected chi connectivity index (χ2v) is 8.47. The molecule has 1 aromatic rings. The molecule has 2 N–H and O–H groups in total. The first-order valence-corrected chi connectivity index (χ1v) is 7.65. The highest BCUT2D eigenvalue weighted by atomic mass is 35.5. The Kier molecular flexibility index (Phi) is 3.96. The third kappa shape index (κ3) is 3.42. The van der Waals surface area contributed by atoms with Crippen LogP contribution in [0.3, 0.4) is 0 Å². The maximum absolute atomic E-state index is 12.0. The standard InChI is InChI=1S/C10H16ClNO3S2/c1-9(2,10(3,4)13)12-17(14,15)8-6-5-7(11)16-8/h5-6,12-13H,1-4H3. The average Bonchev–Trinajstić information content (AvgIpc) is 2.48.